The Bertz CT molecular complexity index is 1430. The third-order valence-electron chi connectivity index (χ3n) is 5.84. The zero-order valence-electron chi connectivity index (χ0n) is 17.7. The molecule has 1 fully saturated rings. The predicted octanol–water partition coefficient (Wildman–Crippen LogP) is 2.77. The Balaban J connectivity index is 1.37. The van der Waals surface area contributed by atoms with E-state index < -0.39 is 10.0 Å². The number of nitrogens with zero attached hydrogens (tertiary/aromatic N) is 3. The Morgan fingerprint density at radius 2 is 1.94 bits per heavy atom. The lowest BCUT2D eigenvalue weighted by Crippen LogP contribution is -2.50. The molecular weight excluding hydrogens is 432 g/mol. The van der Waals surface area contributed by atoms with Crippen LogP contribution in [0.15, 0.2) is 52.0 Å². The maximum Gasteiger partial charge on any atom is 0.258 e. The van der Waals surface area contributed by atoms with Crippen LogP contribution in [0.3, 0.4) is 0 Å². The molecule has 1 aromatic carbocycles. The van der Waals surface area contributed by atoms with Gasteiger partial charge in [-0.2, -0.15) is 4.31 Å². The van der Waals surface area contributed by atoms with E-state index in [9.17, 15) is 13.2 Å². The Morgan fingerprint density at radius 1 is 1.16 bits per heavy atom. The van der Waals surface area contributed by atoms with Gasteiger partial charge in [-0.05, 0) is 37.3 Å². The van der Waals surface area contributed by atoms with Crippen LogP contribution in [-0.2, 0) is 10.0 Å². The molecule has 0 bridgehead atoms. The number of hydrogen-bond donors (Lipinski definition) is 1. The number of nitrogens with one attached hydrogen (secondary N) is 1. The Hall–Kier alpha value is -3.37. The van der Waals surface area contributed by atoms with Crippen LogP contribution >= 0.6 is 0 Å². The number of methoxy groups -OCH3 is 1. The molecule has 3 aromatic heterocycles. The van der Waals surface area contributed by atoms with Crippen molar-refractivity contribution in [3.63, 3.8) is 0 Å². The first-order chi connectivity index (χ1) is 15.4. The van der Waals surface area contributed by atoms with E-state index >= 15 is 0 Å². The zero-order chi connectivity index (χ0) is 22.5. The first kappa shape index (κ1) is 20.5. The molecule has 1 N–H and O–H groups in total. The van der Waals surface area contributed by atoms with E-state index in [0.29, 0.717) is 39.1 Å². The van der Waals surface area contributed by atoms with E-state index in [4.69, 9.17) is 9.15 Å². The minimum absolute atomic E-state index is 0.178. The summed E-state index contributed by atoms with van der Waals surface area (Å²) in [5, 5.41) is 1.24. The van der Waals surface area contributed by atoms with Crippen molar-refractivity contribution in [1.82, 2.24) is 19.2 Å². The minimum Gasteiger partial charge on any atom is -0.497 e. The third kappa shape index (κ3) is 3.23. The van der Waals surface area contributed by atoms with E-state index in [1.54, 1.807) is 55.5 Å². The van der Waals surface area contributed by atoms with Crippen molar-refractivity contribution in [2.45, 2.75) is 11.8 Å². The number of carbonyl (C=O) groups is 1. The molecule has 9 nitrogen and oxygen atoms in total. The first-order valence-electron chi connectivity index (χ1n) is 10.2. The van der Waals surface area contributed by atoms with E-state index in [-0.39, 0.29) is 37.0 Å². The van der Waals surface area contributed by atoms with Crippen LogP contribution < -0.4 is 4.74 Å². The van der Waals surface area contributed by atoms with Crippen molar-refractivity contribution < 1.29 is 22.4 Å². The summed E-state index contributed by atoms with van der Waals surface area (Å²) in [5.74, 6) is 0.985. The number of amides is 1. The number of H-pyrrole nitrogens is 1. The molecule has 1 aliphatic heterocycles. The van der Waals surface area contributed by atoms with Gasteiger partial charge in [0.05, 0.1) is 12.7 Å². The molecule has 4 aromatic rings. The highest BCUT2D eigenvalue weighted by atomic mass is 32.2. The summed E-state index contributed by atoms with van der Waals surface area (Å²) in [6.45, 7) is 2.74. The number of hydrogen-bond acceptors (Lipinski definition) is 6. The molecule has 166 valence electrons. The minimum atomic E-state index is -3.71. The normalized spacial score (nSPS) is 15.5. The summed E-state index contributed by atoms with van der Waals surface area (Å²) in [4.78, 5) is 22.2. The van der Waals surface area contributed by atoms with E-state index in [2.05, 4.69) is 9.97 Å². The molecule has 0 atom stereocenters. The van der Waals surface area contributed by atoms with Crippen LogP contribution in [-0.4, -0.2) is 66.8 Å². The Morgan fingerprint density at radius 3 is 2.69 bits per heavy atom. The van der Waals surface area contributed by atoms with Gasteiger partial charge in [0, 0.05) is 49.3 Å². The van der Waals surface area contributed by atoms with Gasteiger partial charge in [0.15, 0.2) is 0 Å². The number of aromatic nitrogens is 2. The fraction of sp³-hybridized carbons (Fsp3) is 0.273. The number of pyridine rings is 1. The van der Waals surface area contributed by atoms with Gasteiger partial charge in [0.25, 0.3) is 5.91 Å². The molecule has 1 aliphatic rings. The molecule has 0 saturated carbocycles. The monoisotopic (exact) mass is 454 g/mol. The number of benzene rings is 1. The average Bonchev–Trinajstić information content (AvgIpc) is 3.39. The average molecular weight is 455 g/mol. The number of fused-ring (bicyclic) bond motifs is 2. The highest BCUT2D eigenvalue weighted by molar-refractivity contribution is 7.89. The lowest BCUT2D eigenvalue weighted by atomic mass is 10.1. The number of piperazine rings is 1. The van der Waals surface area contributed by atoms with Crippen LogP contribution in [0.2, 0.25) is 0 Å². The van der Waals surface area contributed by atoms with E-state index in [0.717, 1.165) is 0 Å². The predicted molar refractivity (Wildman–Crippen MR) is 118 cm³/mol. The van der Waals surface area contributed by atoms with Gasteiger partial charge in [-0.3, -0.25) is 4.79 Å². The molecule has 32 heavy (non-hydrogen) atoms. The van der Waals surface area contributed by atoms with Crippen LogP contribution in [0, 0.1) is 6.92 Å². The van der Waals surface area contributed by atoms with Gasteiger partial charge >= 0.3 is 0 Å². The van der Waals surface area contributed by atoms with Crippen molar-refractivity contribution >= 4 is 37.9 Å². The number of aryl methyl sites for hydroxylation is 1. The molecule has 0 aliphatic carbocycles. The van der Waals surface area contributed by atoms with Gasteiger partial charge in [0.2, 0.25) is 10.0 Å². The highest BCUT2D eigenvalue weighted by Crippen LogP contribution is 2.31. The molecule has 5 rings (SSSR count). The van der Waals surface area contributed by atoms with Crippen molar-refractivity contribution in [3.05, 3.63) is 54.0 Å². The third-order valence-corrected chi connectivity index (χ3v) is 7.78. The van der Waals surface area contributed by atoms with E-state index in [1.807, 2.05) is 0 Å². The van der Waals surface area contributed by atoms with Crippen LogP contribution in [0.25, 0.3) is 22.0 Å². The number of carbonyl (C=O) groups excluding carboxylic acids is 1. The number of aromatic amines is 1. The zero-order valence-corrected chi connectivity index (χ0v) is 18.5. The number of furan rings is 1. The first-order valence-corrected chi connectivity index (χ1v) is 11.6. The number of ether oxygens (including phenoxy) is 1. The number of sulfonamides is 1. The van der Waals surface area contributed by atoms with Gasteiger partial charge < -0.3 is 19.0 Å². The molecule has 1 saturated heterocycles. The maximum atomic E-state index is 13.3. The SMILES string of the molecule is COc1ccc2oc(C)c(C(=O)N3CCN(S(=O)(=O)c4c[nH]c5ncccc45)CC3)c2c1. The molecule has 10 heteroatoms. The lowest BCUT2D eigenvalue weighted by molar-refractivity contribution is 0.0698. The van der Waals surface area contributed by atoms with Crippen molar-refractivity contribution in [2.24, 2.45) is 0 Å². The van der Waals surface area contributed by atoms with Crippen molar-refractivity contribution in [1.29, 1.82) is 0 Å². The van der Waals surface area contributed by atoms with Gasteiger partial charge in [-0.1, -0.05) is 0 Å². The largest absolute Gasteiger partial charge is 0.497 e. The van der Waals surface area contributed by atoms with Crippen LogP contribution in [0.1, 0.15) is 16.1 Å². The van der Waals surface area contributed by atoms with E-state index in [1.165, 1.54) is 10.5 Å². The molecule has 0 spiro atoms. The standard InChI is InChI=1S/C22H22N4O5S/c1-14-20(17-12-15(30-2)5-6-18(17)31-14)22(27)25-8-10-26(11-9-25)32(28,29)19-13-24-21-16(19)4-3-7-23-21/h3-7,12-13H,8-11H2,1-2H3,(H,23,24). The fourth-order valence-corrected chi connectivity index (χ4v) is 5.74. The summed E-state index contributed by atoms with van der Waals surface area (Å²) in [6.07, 6.45) is 3.08. The summed E-state index contributed by atoms with van der Waals surface area (Å²) in [6, 6.07) is 8.78. The van der Waals surface area contributed by atoms with Crippen LogP contribution in [0.4, 0.5) is 0 Å². The molecule has 0 unspecified atom stereocenters. The van der Waals surface area contributed by atoms with Crippen molar-refractivity contribution in [3.8, 4) is 5.75 Å². The Labute approximate surface area is 184 Å². The molecule has 0 radical (unpaired) electrons. The topological polar surface area (TPSA) is 109 Å². The molecule has 1 amide bonds. The lowest BCUT2D eigenvalue weighted by Gasteiger charge is -2.33. The number of rotatable bonds is 4. The quantitative estimate of drug-likeness (QED) is 0.508. The molecular formula is C22H22N4O5S. The van der Waals surface area contributed by atoms with Gasteiger partial charge in [-0.15, -0.1) is 0 Å². The second-order valence-electron chi connectivity index (χ2n) is 7.64. The fourth-order valence-electron chi connectivity index (χ4n) is 4.16. The van der Waals surface area contributed by atoms with Gasteiger partial charge in [-0.25, -0.2) is 13.4 Å². The van der Waals surface area contributed by atoms with Crippen LogP contribution in [0.5, 0.6) is 5.75 Å². The van der Waals surface area contributed by atoms with Gasteiger partial charge in [0.1, 0.15) is 27.6 Å². The Kier molecular flexibility index (Phi) is 4.90. The maximum absolute atomic E-state index is 13.3. The summed E-state index contributed by atoms with van der Waals surface area (Å²) in [7, 11) is -2.14. The second kappa shape index (κ2) is 7.64. The molecule has 4 heterocycles. The smallest absolute Gasteiger partial charge is 0.258 e. The highest BCUT2D eigenvalue weighted by Gasteiger charge is 2.33. The summed E-state index contributed by atoms with van der Waals surface area (Å²) in [5.41, 5.74) is 1.62. The summed E-state index contributed by atoms with van der Waals surface area (Å²) >= 11 is 0. The van der Waals surface area contributed by atoms with Crippen molar-refractivity contribution in [2.75, 3.05) is 33.3 Å². The summed E-state index contributed by atoms with van der Waals surface area (Å²) < 4.78 is 38.9. The second-order valence-corrected chi connectivity index (χ2v) is 9.55.